The van der Waals surface area contributed by atoms with Gasteiger partial charge in [-0.15, -0.1) is 5.10 Å². The van der Waals surface area contributed by atoms with Gasteiger partial charge in [-0.2, -0.15) is 0 Å². The minimum absolute atomic E-state index is 0.0640. The fourth-order valence-corrected chi connectivity index (χ4v) is 4.32. The average molecular weight is 332 g/mol. The highest BCUT2D eigenvalue weighted by atomic mass is 32.2. The highest BCUT2D eigenvalue weighted by Crippen LogP contribution is 2.24. The summed E-state index contributed by atoms with van der Waals surface area (Å²) in [6.07, 6.45) is 3.67. The summed E-state index contributed by atoms with van der Waals surface area (Å²) in [5.41, 5.74) is 0. The van der Waals surface area contributed by atoms with E-state index in [0.717, 1.165) is 25.7 Å². The second-order valence-corrected chi connectivity index (χ2v) is 7.78. The Labute approximate surface area is 130 Å². The van der Waals surface area contributed by atoms with Crippen molar-refractivity contribution in [2.45, 2.75) is 43.9 Å². The molecule has 2 N–H and O–H groups in total. The van der Waals surface area contributed by atoms with E-state index in [1.54, 1.807) is 0 Å². The lowest BCUT2D eigenvalue weighted by Gasteiger charge is -2.28. The van der Waals surface area contributed by atoms with Gasteiger partial charge in [0, 0.05) is 27.8 Å². The van der Waals surface area contributed by atoms with Gasteiger partial charge in [0.25, 0.3) is 5.19 Å². The summed E-state index contributed by atoms with van der Waals surface area (Å²) in [6.45, 7) is 1.93. The molecule has 21 heavy (non-hydrogen) atoms. The zero-order valence-electron chi connectivity index (χ0n) is 12.1. The fourth-order valence-electron chi connectivity index (χ4n) is 2.41. The summed E-state index contributed by atoms with van der Waals surface area (Å²) >= 11 is 1.17. The number of methoxy groups -OCH3 is 1. The molecule has 118 valence electrons. The molecule has 2 amide bonds. The van der Waals surface area contributed by atoms with Gasteiger partial charge >= 0.3 is 6.03 Å². The van der Waals surface area contributed by atoms with Crippen molar-refractivity contribution in [1.82, 2.24) is 15.5 Å². The first-order chi connectivity index (χ1) is 10.1. The van der Waals surface area contributed by atoms with Crippen LogP contribution in [0.5, 0.6) is 5.19 Å². The molecular formula is C12H20N4O3S2. The van der Waals surface area contributed by atoms with Crippen LogP contribution in [0.25, 0.3) is 0 Å². The van der Waals surface area contributed by atoms with Crippen LogP contribution in [0.3, 0.4) is 0 Å². The predicted octanol–water partition coefficient (Wildman–Crippen LogP) is 1.75. The lowest BCUT2D eigenvalue weighted by Crippen LogP contribution is -2.42. The van der Waals surface area contributed by atoms with Gasteiger partial charge in [0.2, 0.25) is 5.13 Å². The average Bonchev–Trinajstić information content (AvgIpc) is 2.94. The molecule has 1 aliphatic rings. The molecule has 0 radical (unpaired) electrons. The van der Waals surface area contributed by atoms with Gasteiger partial charge in [0.15, 0.2) is 0 Å². The molecule has 0 bridgehead atoms. The number of rotatable bonds is 5. The van der Waals surface area contributed by atoms with Crippen LogP contribution in [0.1, 0.15) is 32.6 Å². The van der Waals surface area contributed by atoms with Crippen molar-refractivity contribution in [3.05, 3.63) is 0 Å². The Balaban J connectivity index is 1.83. The molecule has 1 heterocycles. The number of anilines is 1. The zero-order chi connectivity index (χ0) is 15.2. The molecule has 1 fully saturated rings. The number of nitrogens with zero attached hydrogens (tertiary/aromatic N) is 2. The molecule has 9 heteroatoms. The third-order valence-electron chi connectivity index (χ3n) is 3.42. The van der Waals surface area contributed by atoms with Crippen LogP contribution in [0, 0.1) is 0 Å². The van der Waals surface area contributed by atoms with Crippen molar-refractivity contribution in [1.29, 1.82) is 0 Å². The van der Waals surface area contributed by atoms with E-state index in [4.69, 9.17) is 4.74 Å². The largest absolute Gasteiger partial charge is 0.472 e. The number of aromatic nitrogens is 2. The Bertz CT molecular complexity index is 508. The molecule has 1 saturated carbocycles. The molecule has 0 unspecified atom stereocenters. The SMILES string of the molecule is CC[S@](=O)[C@H]1CCC[C@@H](NC(=O)Nc2nnc(OC)s2)C1. The van der Waals surface area contributed by atoms with Gasteiger partial charge in [-0.05, 0) is 30.6 Å². The molecule has 0 spiro atoms. The maximum atomic E-state index is 11.9. The van der Waals surface area contributed by atoms with Crippen LogP contribution in [-0.2, 0) is 10.8 Å². The van der Waals surface area contributed by atoms with Crippen molar-refractivity contribution >= 4 is 33.3 Å². The van der Waals surface area contributed by atoms with Crippen molar-refractivity contribution in [2.75, 3.05) is 18.2 Å². The van der Waals surface area contributed by atoms with E-state index in [-0.39, 0.29) is 17.3 Å². The first kappa shape index (κ1) is 16.2. The summed E-state index contributed by atoms with van der Waals surface area (Å²) in [5.74, 6) is 0.675. The third kappa shape index (κ3) is 4.63. The van der Waals surface area contributed by atoms with E-state index < -0.39 is 10.8 Å². The summed E-state index contributed by atoms with van der Waals surface area (Å²) in [5, 5.41) is 14.1. The third-order valence-corrected chi connectivity index (χ3v) is 5.96. The Morgan fingerprint density at radius 1 is 1.48 bits per heavy atom. The molecule has 7 nitrogen and oxygen atoms in total. The maximum absolute atomic E-state index is 11.9. The van der Waals surface area contributed by atoms with E-state index >= 15 is 0 Å². The van der Waals surface area contributed by atoms with Gasteiger partial charge in [-0.1, -0.05) is 18.4 Å². The lowest BCUT2D eigenvalue weighted by molar-refractivity contribution is 0.244. The minimum Gasteiger partial charge on any atom is -0.472 e. The monoisotopic (exact) mass is 332 g/mol. The van der Waals surface area contributed by atoms with Crippen LogP contribution in [0.15, 0.2) is 0 Å². The molecule has 3 atom stereocenters. The zero-order valence-corrected chi connectivity index (χ0v) is 13.8. The fraction of sp³-hybridized carbons (Fsp3) is 0.750. The van der Waals surface area contributed by atoms with Gasteiger partial charge in [0.1, 0.15) is 0 Å². The molecule has 0 saturated heterocycles. The quantitative estimate of drug-likeness (QED) is 0.857. The van der Waals surface area contributed by atoms with Crippen LogP contribution < -0.4 is 15.4 Å². The van der Waals surface area contributed by atoms with Crippen LogP contribution in [-0.4, -0.2) is 44.6 Å². The van der Waals surface area contributed by atoms with Gasteiger partial charge in [0.05, 0.1) is 7.11 Å². The molecule has 1 aromatic heterocycles. The second-order valence-electron chi connectivity index (χ2n) is 4.83. The van der Waals surface area contributed by atoms with Crippen LogP contribution >= 0.6 is 11.3 Å². The summed E-state index contributed by atoms with van der Waals surface area (Å²) in [6, 6.07) is -0.240. The summed E-state index contributed by atoms with van der Waals surface area (Å²) in [4.78, 5) is 11.9. The Morgan fingerprint density at radius 3 is 2.95 bits per heavy atom. The van der Waals surface area contributed by atoms with Crippen molar-refractivity contribution < 1.29 is 13.7 Å². The van der Waals surface area contributed by atoms with Crippen LogP contribution in [0.2, 0.25) is 0 Å². The van der Waals surface area contributed by atoms with E-state index in [9.17, 15) is 9.00 Å². The number of amides is 2. The number of hydrogen-bond donors (Lipinski definition) is 2. The lowest BCUT2D eigenvalue weighted by atomic mass is 9.95. The van der Waals surface area contributed by atoms with Crippen molar-refractivity contribution in [3.63, 3.8) is 0 Å². The normalized spacial score (nSPS) is 23.3. The standard InChI is InChI=1S/C12H20N4O3S2/c1-3-21(18)9-6-4-5-8(7-9)13-10(17)14-11-15-16-12(19-2)20-11/h8-9H,3-7H2,1-2H3,(H2,13,14,15,17)/t8-,9+,21+/m1/s1. The number of urea groups is 1. The molecule has 1 aliphatic carbocycles. The summed E-state index contributed by atoms with van der Waals surface area (Å²) in [7, 11) is 0.707. The highest BCUT2D eigenvalue weighted by molar-refractivity contribution is 7.85. The van der Waals surface area contributed by atoms with E-state index in [1.165, 1.54) is 18.4 Å². The number of nitrogens with one attached hydrogen (secondary N) is 2. The first-order valence-corrected chi connectivity index (χ1v) is 9.14. The minimum atomic E-state index is -0.793. The van der Waals surface area contributed by atoms with Crippen molar-refractivity contribution in [2.24, 2.45) is 0 Å². The van der Waals surface area contributed by atoms with Crippen LogP contribution in [0.4, 0.5) is 9.93 Å². The molecule has 1 aromatic rings. The highest BCUT2D eigenvalue weighted by Gasteiger charge is 2.26. The van der Waals surface area contributed by atoms with E-state index in [1.807, 2.05) is 6.92 Å². The number of ether oxygens (including phenoxy) is 1. The molecule has 0 aromatic carbocycles. The van der Waals surface area contributed by atoms with Gasteiger partial charge in [-0.25, -0.2) is 4.79 Å². The van der Waals surface area contributed by atoms with E-state index in [2.05, 4.69) is 20.8 Å². The topological polar surface area (TPSA) is 93.2 Å². The maximum Gasteiger partial charge on any atom is 0.321 e. The summed E-state index contributed by atoms with van der Waals surface area (Å²) < 4.78 is 16.8. The van der Waals surface area contributed by atoms with Gasteiger partial charge < -0.3 is 10.1 Å². The molecular weight excluding hydrogens is 312 g/mol. The van der Waals surface area contributed by atoms with E-state index in [0.29, 0.717) is 16.1 Å². The number of carbonyl (C=O) groups is 1. The Hall–Kier alpha value is -1.22. The second kappa shape index (κ2) is 7.69. The predicted molar refractivity (Wildman–Crippen MR) is 83.3 cm³/mol. The van der Waals surface area contributed by atoms with Gasteiger partial charge in [-0.3, -0.25) is 9.53 Å². The number of carbonyl (C=O) groups excluding carboxylic acids is 1. The van der Waals surface area contributed by atoms with Crippen molar-refractivity contribution in [3.8, 4) is 5.19 Å². The Kier molecular flexibility index (Phi) is 5.92. The molecule has 2 rings (SSSR count). The smallest absolute Gasteiger partial charge is 0.321 e. The Morgan fingerprint density at radius 2 is 2.29 bits per heavy atom. The number of hydrogen-bond acceptors (Lipinski definition) is 6. The first-order valence-electron chi connectivity index (χ1n) is 6.94. The molecule has 0 aliphatic heterocycles.